The Morgan fingerprint density at radius 2 is 1.36 bits per heavy atom. The zero-order valence-electron chi connectivity index (χ0n) is 9.50. The fraction of sp³-hybridized carbons (Fsp3) is 0.455. The van der Waals surface area contributed by atoms with Crippen molar-refractivity contribution in [2.75, 3.05) is 14.1 Å². The molecule has 0 aromatic carbocycles. The van der Waals surface area contributed by atoms with Gasteiger partial charge in [-0.2, -0.15) is 0 Å². The van der Waals surface area contributed by atoms with Gasteiger partial charge in [0.15, 0.2) is 0 Å². The molecular formula is C11H17N3. The lowest BCUT2D eigenvalue weighted by atomic mass is 10.3. The molecule has 14 heavy (non-hydrogen) atoms. The SMILES string of the molecule is CN=C(C)c1ccc(C(C)=NC)n1C. The van der Waals surface area contributed by atoms with Crippen molar-refractivity contribution >= 4 is 11.4 Å². The van der Waals surface area contributed by atoms with Crippen LogP contribution >= 0.6 is 0 Å². The Morgan fingerprint density at radius 1 is 1.00 bits per heavy atom. The molecule has 0 atom stereocenters. The van der Waals surface area contributed by atoms with E-state index in [1.54, 1.807) is 0 Å². The molecule has 76 valence electrons. The van der Waals surface area contributed by atoms with Crippen molar-refractivity contribution in [2.45, 2.75) is 13.8 Å². The molecule has 1 aromatic rings. The van der Waals surface area contributed by atoms with Gasteiger partial charge in [0, 0.05) is 21.1 Å². The Labute approximate surface area is 85.2 Å². The molecule has 0 spiro atoms. The molecule has 0 aliphatic heterocycles. The molecule has 3 heteroatoms. The molecule has 0 radical (unpaired) electrons. The van der Waals surface area contributed by atoms with E-state index in [9.17, 15) is 0 Å². The maximum Gasteiger partial charge on any atom is 0.0620 e. The second kappa shape index (κ2) is 4.22. The maximum absolute atomic E-state index is 4.17. The van der Waals surface area contributed by atoms with Crippen molar-refractivity contribution in [3.63, 3.8) is 0 Å². The summed E-state index contributed by atoms with van der Waals surface area (Å²) in [4.78, 5) is 8.35. The lowest BCUT2D eigenvalue weighted by Gasteiger charge is -2.06. The van der Waals surface area contributed by atoms with Crippen LogP contribution in [0, 0.1) is 0 Å². The van der Waals surface area contributed by atoms with E-state index in [4.69, 9.17) is 0 Å². The first kappa shape index (κ1) is 10.7. The molecular weight excluding hydrogens is 174 g/mol. The molecule has 0 saturated heterocycles. The first-order valence-electron chi connectivity index (χ1n) is 4.65. The highest BCUT2D eigenvalue weighted by Crippen LogP contribution is 2.09. The highest BCUT2D eigenvalue weighted by molar-refractivity contribution is 6.02. The normalized spacial score (nSPS) is 13.5. The lowest BCUT2D eigenvalue weighted by Crippen LogP contribution is -2.08. The van der Waals surface area contributed by atoms with Crippen LogP contribution in [0.15, 0.2) is 22.1 Å². The summed E-state index contributed by atoms with van der Waals surface area (Å²) in [5.41, 5.74) is 4.38. The summed E-state index contributed by atoms with van der Waals surface area (Å²) in [5.74, 6) is 0. The Hall–Kier alpha value is -1.38. The average molecular weight is 191 g/mol. The van der Waals surface area contributed by atoms with E-state index < -0.39 is 0 Å². The number of hydrogen-bond donors (Lipinski definition) is 0. The van der Waals surface area contributed by atoms with Crippen molar-refractivity contribution in [2.24, 2.45) is 17.0 Å². The summed E-state index contributed by atoms with van der Waals surface area (Å²) in [5, 5.41) is 0. The average Bonchev–Trinajstić information content (AvgIpc) is 2.58. The van der Waals surface area contributed by atoms with Gasteiger partial charge in [-0.15, -0.1) is 0 Å². The van der Waals surface area contributed by atoms with Crippen LogP contribution in [-0.4, -0.2) is 30.1 Å². The Balaban J connectivity index is 3.22. The fourth-order valence-corrected chi connectivity index (χ4v) is 1.47. The molecule has 0 bridgehead atoms. The highest BCUT2D eigenvalue weighted by Gasteiger charge is 2.07. The van der Waals surface area contributed by atoms with Gasteiger partial charge in [0.2, 0.25) is 0 Å². The summed E-state index contributed by atoms with van der Waals surface area (Å²) in [6, 6.07) is 4.15. The molecule has 0 aliphatic rings. The standard InChI is InChI=1S/C11H17N3/c1-8(12-3)10-6-7-11(14(10)5)9(2)13-4/h6-7H,1-5H3. The van der Waals surface area contributed by atoms with E-state index in [1.807, 2.05) is 35.0 Å². The highest BCUT2D eigenvalue weighted by atomic mass is 15.0. The number of aliphatic imine (C=N–C) groups is 2. The Bertz CT molecular complexity index is 348. The molecule has 1 aromatic heterocycles. The molecule has 0 aliphatic carbocycles. The molecule has 1 rings (SSSR count). The van der Waals surface area contributed by atoms with E-state index in [0.717, 1.165) is 22.8 Å². The van der Waals surface area contributed by atoms with Gasteiger partial charge in [-0.05, 0) is 26.0 Å². The quantitative estimate of drug-likeness (QED) is 0.639. The van der Waals surface area contributed by atoms with Gasteiger partial charge in [0.05, 0.1) is 22.8 Å². The number of aromatic nitrogens is 1. The lowest BCUT2D eigenvalue weighted by molar-refractivity contribution is 0.899. The molecule has 3 nitrogen and oxygen atoms in total. The van der Waals surface area contributed by atoms with Crippen molar-refractivity contribution < 1.29 is 0 Å². The number of hydrogen-bond acceptors (Lipinski definition) is 2. The minimum absolute atomic E-state index is 1.04. The fourth-order valence-electron chi connectivity index (χ4n) is 1.47. The third kappa shape index (κ3) is 1.76. The van der Waals surface area contributed by atoms with E-state index in [-0.39, 0.29) is 0 Å². The Morgan fingerprint density at radius 3 is 1.64 bits per heavy atom. The van der Waals surface area contributed by atoms with Crippen LogP contribution in [0.3, 0.4) is 0 Å². The third-order valence-electron chi connectivity index (χ3n) is 2.53. The largest absolute Gasteiger partial charge is 0.342 e. The summed E-state index contributed by atoms with van der Waals surface area (Å²) in [6.45, 7) is 4.02. The van der Waals surface area contributed by atoms with E-state index >= 15 is 0 Å². The van der Waals surface area contributed by atoms with Gasteiger partial charge >= 0.3 is 0 Å². The van der Waals surface area contributed by atoms with Gasteiger partial charge in [-0.25, -0.2) is 0 Å². The van der Waals surface area contributed by atoms with Crippen molar-refractivity contribution in [1.29, 1.82) is 0 Å². The van der Waals surface area contributed by atoms with Crippen LogP contribution in [0.1, 0.15) is 25.2 Å². The van der Waals surface area contributed by atoms with Crippen molar-refractivity contribution in [1.82, 2.24) is 4.57 Å². The van der Waals surface area contributed by atoms with E-state index in [1.165, 1.54) is 0 Å². The zero-order valence-corrected chi connectivity index (χ0v) is 9.50. The smallest absolute Gasteiger partial charge is 0.0620 e. The minimum atomic E-state index is 1.04. The number of rotatable bonds is 2. The summed E-state index contributed by atoms with van der Waals surface area (Å²) in [7, 11) is 5.65. The maximum atomic E-state index is 4.17. The second-order valence-electron chi connectivity index (χ2n) is 3.28. The molecule has 0 saturated carbocycles. The van der Waals surface area contributed by atoms with Crippen LogP contribution in [-0.2, 0) is 7.05 Å². The molecule has 0 unspecified atom stereocenters. The number of nitrogens with zero attached hydrogens (tertiary/aromatic N) is 3. The first-order chi connectivity index (χ1) is 6.61. The van der Waals surface area contributed by atoms with Crippen molar-refractivity contribution in [3.05, 3.63) is 23.5 Å². The van der Waals surface area contributed by atoms with Crippen LogP contribution in [0.5, 0.6) is 0 Å². The van der Waals surface area contributed by atoms with Gasteiger partial charge in [0.25, 0.3) is 0 Å². The molecule has 0 N–H and O–H groups in total. The van der Waals surface area contributed by atoms with Crippen molar-refractivity contribution in [3.8, 4) is 0 Å². The minimum Gasteiger partial charge on any atom is -0.342 e. The predicted octanol–water partition coefficient (Wildman–Crippen LogP) is 1.90. The van der Waals surface area contributed by atoms with Gasteiger partial charge in [-0.3, -0.25) is 9.98 Å². The molecule has 0 fully saturated rings. The molecule has 1 heterocycles. The summed E-state index contributed by atoms with van der Waals surface area (Å²) < 4.78 is 2.12. The third-order valence-corrected chi connectivity index (χ3v) is 2.53. The Kier molecular flexibility index (Phi) is 3.23. The summed E-state index contributed by atoms with van der Waals surface area (Å²) in [6.07, 6.45) is 0. The van der Waals surface area contributed by atoms with E-state index in [0.29, 0.717) is 0 Å². The summed E-state index contributed by atoms with van der Waals surface area (Å²) >= 11 is 0. The molecule has 0 amide bonds. The van der Waals surface area contributed by atoms with Gasteiger partial charge in [-0.1, -0.05) is 0 Å². The predicted molar refractivity (Wildman–Crippen MR) is 61.7 cm³/mol. The van der Waals surface area contributed by atoms with Gasteiger partial charge < -0.3 is 4.57 Å². The monoisotopic (exact) mass is 191 g/mol. The van der Waals surface area contributed by atoms with Crippen LogP contribution in [0.25, 0.3) is 0 Å². The van der Waals surface area contributed by atoms with Crippen LogP contribution in [0.4, 0.5) is 0 Å². The van der Waals surface area contributed by atoms with E-state index in [2.05, 4.69) is 26.7 Å². The topological polar surface area (TPSA) is 29.6 Å². The van der Waals surface area contributed by atoms with Gasteiger partial charge in [0.1, 0.15) is 0 Å². The van der Waals surface area contributed by atoms with Crippen LogP contribution in [0.2, 0.25) is 0 Å². The zero-order chi connectivity index (χ0) is 10.7. The first-order valence-corrected chi connectivity index (χ1v) is 4.65. The van der Waals surface area contributed by atoms with Crippen LogP contribution < -0.4 is 0 Å². The second-order valence-corrected chi connectivity index (χ2v) is 3.28.